The van der Waals surface area contributed by atoms with Gasteiger partial charge in [-0.15, -0.1) is 0 Å². The summed E-state index contributed by atoms with van der Waals surface area (Å²) in [5, 5.41) is 7.31. The quantitative estimate of drug-likeness (QED) is 0.0680. The number of nitrogens with zero attached hydrogens (tertiary/aromatic N) is 3. The Morgan fingerprint density at radius 3 is 1.53 bits per heavy atom. The molecule has 0 saturated heterocycles. The third kappa shape index (κ3) is 12.9. The van der Waals surface area contributed by atoms with Crippen LogP contribution in [0.15, 0.2) is 224 Å². The van der Waals surface area contributed by atoms with Gasteiger partial charge in [0.2, 0.25) is 5.69 Å². The molecule has 0 saturated carbocycles. The zero-order valence-corrected chi connectivity index (χ0v) is 53.6. The predicted octanol–water partition coefficient (Wildman–Crippen LogP) is 20.6. The summed E-state index contributed by atoms with van der Waals surface area (Å²) in [4.78, 5) is 6.98. The molecule has 1 radical (unpaired) electrons. The van der Waals surface area contributed by atoms with Crippen molar-refractivity contribution >= 4 is 147 Å². The predicted molar refractivity (Wildman–Crippen MR) is 353 cm³/mol. The molecule has 2 aliphatic heterocycles. The van der Waals surface area contributed by atoms with E-state index in [1.165, 1.54) is 83.7 Å². The third-order valence-electron chi connectivity index (χ3n) is 15.4. The molecule has 81 heavy (non-hydrogen) atoms. The molecule has 11 rings (SSSR count). The maximum absolute atomic E-state index is 5.66. The molecule has 3 nitrogen and oxygen atoms in total. The van der Waals surface area contributed by atoms with Gasteiger partial charge >= 0.3 is 16.5 Å². The summed E-state index contributed by atoms with van der Waals surface area (Å²) in [6.07, 6.45) is 16.5. The summed E-state index contributed by atoms with van der Waals surface area (Å²) < 4.78 is 2.62. The molecule has 2 heterocycles. The second-order valence-corrected chi connectivity index (χ2v) is 24.6. The number of unbranched alkanes of at least 4 members (excludes halogenated alkanes) is 2. The average molecular weight is 1260 g/mol. The number of rotatable bonds is 12. The van der Waals surface area contributed by atoms with Crippen LogP contribution in [-0.4, -0.2) is 23.4 Å². The van der Waals surface area contributed by atoms with E-state index in [1.807, 2.05) is 0 Å². The van der Waals surface area contributed by atoms with Crippen molar-refractivity contribution in [2.45, 2.75) is 110 Å². The van der Waals surface area contributed by atoms with Crippen LogP contribution < -0.4 is 9.80 Å². The Morgan fingerprint density at radius 1 is 0.531 bits per heavy atom. The Labute approximate surface area is 532 Å². The number of allylic oxidation sites excluding steroid dienone is 7. The molecule has 3 aliphatic rings. The summed E-state index contributed by atoms with van der Waals surface area (Å²) in [7, 11) is 0. The molecule has 0 aromatic heterocycles. The average Bonchev–Trinajstić information content (AvgIpc) is 4.09. The number of hydrogen-bond donors (Lipinski definition) is 0. The first-order valence-corrected chi connectivity index (χ1v) is 30.5. The van der Waals surface area contributed by atoms with E-state index in [4.69, 9.17) is 96.9 Å². The zero-order chi connectivity index (χ0) is 56.9. The molecular weight excluding hydrogens is 1200 g/mol. The van der Waals surface area contributed by atoms with E-state index < -0.39 is 0 Å². The first-order chi connectivity index (χ1) is 38.5. The second-order valence-electron chi connectivity index (χ2n) is 21.3. The summed E-state index contributed by atoms with van der Waals surface area (Å²) in [5.41, 5.74) is 14.4. The number of fused-ring (bicyclic) bond motifs is 6. The molecule has 12 heteroatoms. The maximum Gasteiger partial charge on any atom is 3.00 e. The van der Waals surface area contributed by atoms with Crippen molar-refractivity contribution in [3.8, 4) is 0 Å². The van der Waals surface area contributed by atoms with Gasteiger partial charge in [0.1, 0.15) is 6.54 Å². The molecule has 0 N–H and O–H groups in total. The van der Waals surface area contributed by atoms with Crippen molar-refractivity contribution in [2.75, 3.05) is 22.9 Å². The van der Waals surface area contributed by atoms with Crippen LogP contribution in [-0.2, 0) is 77.8 Å². The second kappa shape index (κ2) is 27.2. The minimum absolute atomic E-state index is 0. The van der Waals surface area contributed by atoms with E-state index in [-0.39, 0.29) is 27.3 Å². The minimum atomic E-state index is -0.156. The zero-order valence-electron chi connectivity index (χ0n) is 46.3. The molecule has 0 spiro atoms. The molecule has 8 aromatic carbocycles. The van der Waals surface area contributed by atoms with Crippen LogP contribution in [0.3, 0.4) is 0 Å². The van der Waals surface area contributed by atoms with E-state index >= 15 is 0 Å². The smallest absolute Gasteiger partial charge is 0.780 e. The van der Waals surface area contributed by atoms with E-state index in [0.717, 1.165) is 51.6 Å². The Balaban J connectivity index is 0.000000344. The van der Waals surface area contributed by atoms with E-state index in [0.29, 0.717) is 39.7 Å². The van der Waals surface area contributed by atoms with Gasteiger partial charge in [-0.3, -0.25) is 0 Å². The van der Waals surface area contributed by atoms with Gasteiger partial charge in [-0.2, -0.15) is 24.2 Å². The normalized spacial score (nSPS) is 15.9. The minimum Gasteiger partial charge on any atom is -0.780 e. The Bertz CT molecular complexity index is 3610. The van der Waals surface area contributed by atoms with Crippen LogP contribution in [0.25, 0.3) is 21.5 Å². The molecule has 0 amide bonds. The van der Waals surface area contributed by atoms with Crippen LogP contribution in [0, 0.1) is 0 Å². The van der Waals surface area contributed by atoms with Crippen molar-refractivity contribution in [1.82, 2.24) is 0 Å². The van der Waals surface area contributed by atoms with Gasteiger partial charge in [0, 0.05) is 78.9 Å². The number of halogens is 4. The number of benzene rings is 8. The van der Waals surface area contributed by atoms with Crippen molar-refractivity contribution in [2.24, 2.45) is 0 Å². The van der Waals surface area contributed by atoms with Crippen molar-refractivity contribution in [3.05, 3.63) is 236 Å². The third-order valence-corrected chi connectivity index (χ3v) is 19.1. The van der Waals surface area contributed by atoms with Gasteiger partial charge < -0.3 is 60.3 Å². The SMILES string of the molecule is CCCCN1/C(=C/C=C2\CCC(/C=C/C3=[N+](CCCC)c4ccc5ccccc5c4C3(C)C)=C2N(c2ccccc2)c2ccccc2)C(C)(C)c2c1ccc1ccccc21.[Ni+3].[S-]c1c(Cl)ccc(Cl)c1[S-].[S-]c1c(Cl)ccc(Cl)c1[S-]. The number of para-hydroxylation sites is 2. The van der Waals surface area contributed by atoms with Crippen molar-refractivity contribution in [3.63, 3.8) is 0 Å². The van der Waals surface area contributed by atoms with Crippen LogP contribution in [0.4, 0.5) is 22.7 Å². The molecule has 0 atom stereocenters. The summed E-state index contributed by atoms with van der Waals surface area (Å²) in [5.74, 6) is 0. The molecule has 0 fully saturated rings. The van der Waals surface area contributed by atoms with Gasteiger partial charge in [-0.05, 0) is 138 Å². The molecule has 0 bridgehead atoms. The maximum atomic E-state index is 5.66. The Morgan fingerprint density at radius 2 is 1.01 bits per heavy atom. The summed E-state index contributed by atoms with van der Waals surface area (Å²) in [6, 6.07) is 55.7. The van der Waals surface area contributed by atoms with Gasteiger partial charge in [-0.25, -0.2) is 0 Å². The van der Waals surface area contributed by atoms with Crippen LogP contribution in [0.5, 0.6) is 0 Å². The Hall–Kier alpha value is -4.96. The fraction of sp³-hybridized carbons (Fsp3) is 0.232. The van der Waals surface area contributed by atoms with Crippen LogP contribution in [0.2, 0.25) is 20.1 Å². The van der Waals surface area contributed by atoms with Crippen molar-refractivity contribution < 1.29 is 21.1 Å². The standard InChI is InChI=1S/C57H60N3.2C6H4Cl2S2.Ni/c1-7-9-39-58-49-35-31-41-21-17-19-27-47(41)53(49)56(3,4)51(58)37-33-43-29-30-44(55(43)60(45-23-13-11-14-24-45)46-25-15-12-16-26-46)34-38-52-57(5,6)54-48-28-20-18-22-42(48)32-36-50(54)59(52)40-10-8-2;2*7-3-1-2-4(8)6(10)5(3)9;/h11-28,31-38H,7-10,29-30,39-40H2,1-6H3;2*1-2,9-10H;/q+1;;;+3/p-4. The first kappa shape index (κ1) is 62.1. The molecule has 417 valence electrons. The van der Waals surface area contributed by atoms with Gasteiger partial charge in [0.25, 0.3) is 0 Å². The summed E-state index contributed by atoms with van der Waals surface area (Å²) >= 11 is 42.1. The summed E-state index contributed by atoms with van der Waals surface area (Å²) in [6.45, 7) is 16.3. The van der Waals surface area contributed by atoms with E-state index in [2.05, 4.69) is 214 Å². The van der Waals surface area contributed by atoms with Crippen LogP contribution >= 0.6 is 46.4 Å². The Kier molecular flexibility index (Phi) is 20.8. The monoisotopic (exact) mass is 1260 g/mol. The van der Waals surface area contributed by atoms with E-state index in [1.54, 1.807) is 24.3 Å². The van der Waals surface area contributed by atoms with Gasteiger partial charge in [0.15, 0.2) is 5.71 Å². The van der Waals surface area contributed by atoms with Crippen LogP contribution in [0.1, 0.15) is 91.2 Å². The van der Waals surface area contributed by atoms with Gasteiger partial charge in [-0.1, -0.05) is 190 Å². The molecular formula is C69H64Cl4N3NiS4. The molecule has 0 unspecified atom stereocenters. The van der Waals surface area contributed by atoms with E-state index in [9.17, 15) is 0 Å². The molecule has 1 aliphatic carbocycles. The number of anilines is 3. The fourth-order valence-corrected chi connectivity index (χ4v) is 13.0. The van der Waals surface area contributed by atoms with Crippen molar-refractivity contribution in [1.29, 1.82) is 0 Å². The molecule has 8 aromatic rings. The first-order valence-electron chi connectivity index (χ1n) is 27.3. The van der Waals surface area contributed by atoms with Gasteiger partial charge in [0.05, 0.1) is 11.1 Å². The number of hydrogen-bond acceptors (Lipinski definition) is 6. The topological polar surface area (TPSA) is 9.49 Å². The fourth-order valence-electron chi connectivity index (χ4n) is 11.5. The largest absolute Gasteiger partial charge is 3.00 e.